The number of nitrogens with one attached hydrogen (secondary N) is 3. The van der Waals surface area contributed by atoms with E-state index < -0.39 is 18.0 Å². The maximum absolute atomic E-state index is 12.9. The minimum absolute atomic E-state index is 0.115. The van der Waals surface area contributed by atoms with Crippen LogP contribution in [-0.4, -0.2) is 54.7 Å². The second kappa shape index (κ2) is 10.7. The number of alkyl halides is 3. The smallest absolute Gasteiger partial charge is 0.406 e. The van der Waals surface area contributed by atoms with E-state index in [1.807, 2.05) is 24.3 Å². The average Bonchev–Trinajstić information content (AvgIpc) is 3.49. The van der Waals surface area contributed by atoms with Crippen molar-refractivity contribution in [1.82, 2.24) is 15.5 Å². The van der Waals surface area contributed by atoms with Crippen LogP contribution in [0.5, 0.6) is 5.75 Å². The topological polar surface area (TPSA) is 109 Å². The monoisotopic (exact) mass is 545 g/mol. The Labute approximate surface area is 218 Å². The van der Waals surface area contributed by atoms with Crippen molar-refractivity contribution in [1.29, 1.82) is 0 Å². The Morgan fingerprint density at radius 1 is 1.08 bits per heavy atom. The summed E-state index contributed by atoms with van der Waals surface area (Å²) in [5.74, 6) is -1.06. The van der Waals surface area contributed by atoms with Gasteiger partial charge in [-0.1, -0.05) is 18.2 Å². The number of H-pyrrole nitrogens is 1. The number of benzene rings is 2. The van der Waals surface area contributed by atoms with Crippen molar-refractivity contribution in [3.8, 4) is 5.75 Å². The highest BCUT2D eigenvalue weighted by Gasteiger charge is 2.31. The van der Waals surface area contributed by atoms with E-state index in [4.69, 9.17) is 4.74 Å². The summed E-state index contributed by atoms with van der Waals surface area (Å²) in [7, 11) is 0. The molecule has 0 saturated carbocycles. The molecule has 4 aromatic rings. The van der Waals surface area contributed by atoms with Gasteiger partial charge >= 0.3 is 6.36 Å². The molecule has 2 aromatic heterocycles. The molecule has 9 nitrogen and oxygen atoms in total. The van der Waals surface area contributed by atoms with Crippen LogP contribution < -0.4 is 20.3 Å². The first-order valence-corrected chi connectivity index (χ1v) is 12.4. The summed E-state index contributed by atoms with van der Waals surface area (Å²) in [6.07, 6.45) is -4.82. The number of para-hydroxylation sites is 1. The number of hydrogen-bond acceptors (Lipinski definition) is 7. The molecule has 0 bridgehead atoms. The van der Waals surface area contributed by atoms with Gasteiger partial charge in [-0.15, -0.1) is 24.5 Å². The maximum Gasteiger partial charge on any atom is 0.573 e. The van der Waals surface area contributed by atoms with E-state index >= 15 is 0 Å². The average molecular weight is 546 g/mol. The SMILES string of the molecule is O=C(Nc1n[nH]c2cc(C(=O)NCc3ccccc3N3CCOCC3)sc12)c1ccc(OC(F)(F)F)cc1. The number of fused-ring (bicyclic) bond motifs is 1. The standard InChI is InChI=1S/C25H22F3N5O4S/c26-25(27,28)37-17-7-5-15(6-8-17)23(34)30-22-21-18(31-32-22)13-20(38-21)24(35)29-14-16-3-1-2-4-19(16)33-9-11-36-12-10-33/h1-8,13H,9-12,14H2,(H,29,35)(H2,30,31,32,34). The summed E-state index contributed by atoms with van der Waals surface area (Å²) >= 11 is 1.16. The number of hydrogen-bond donors (Lipinski definition) is 3. The van der Waals surface area contributed by atoms with Gasteiger partial charge in [0.05, 0.1) is 28.3 Å². The second-order valence-electron chi connectivity index (χ2n) is 8.36. The number of rotatable bonds is 7. The molecule has 0 aliphatic carbocycles. The lowest BCUT2D eigenvalue weighted by atomic mass is 10.1. The number of morpholine rings is 1. The number of nitrogens with zero attached hydrogens (tertiary/aromatic N) is 2. The highest BCUT2D eigenvalue weighted by Crippen LogP contribution is 2.31. The van der Waals surface area contributed by atoms with E-state index in [0.29, 0.717) is 34.9 Å². The number of ether oxygens (including phenoxy) is 2. The van der Waals surface area contributed by atoms with Gasteiger partial charge in [0.25, 0.3) is 11.8 Å². The summed E-state index contributed by atoms with van der Waals surface area (Å²) in [5.41, 5.74) is 2.73. The molecule has 1 aliphatic heterocycles. The Balaban J connectivity index is 1.24. The highest BCUT2D eigenvalue weighted by atomic mass is 32.1. The zero-order chi connectivity index (χ0) is 26.7. The number of aromatic amines is 1. The first-order valence-electron chi connectivity index (χ1n) is 11.6. The third kappa shape index (κ3) is 5.89. The van der Waals surface area contributed by atoms with Crippen LogP contribution in [0.25, 0.3) is 10.2 Å². The Hall–Kier alpha value is -4.10. The van der Waals surface area contributed by atoms with Gasteiger partial charge in [-0.2, -0.15) is 5.10 Å². The minimum atomic E-state index is -4.82. The van der Waals surface area contributed by atoms with E-state index in [9.17, 15) is 22.8 Å². The molecule has 198 valence electrons. The number of anilines is 2. The molecule has 1 fully saturated rings. The molecule has 0 atom stereocenters. The van der Waals surface area contributed by atoms with Crippen molar-refractivity contribution < 1.29 is 32.2 Å². The molecular formula is C25H22F3N5O4S. The third-order valence-electron chi connectivity index (χ3n) is 5.82. The van der Waals surface area contributed by atoms with Gasteiger partial charge in [-0.3, -0.25) is 14.7 Å². The Morgan fingerprint density at radius 2 is 1.82 bits per heavy atom. The zero-order valence-electron chi connectivity index (χ0n) is 19.8. The lowest BCUT2D eigenvalue weighted by Gasteiger charge is -2.30. The number of amides is 2. The lowest BCUT2D eigenvalue weighted by molar-refractivity contribution is -0.274. The van der Waals surface area contributed by atoms with Gasteiger partial charge in [-0.05, 0) is 42.0 Å². The van der Waals surface area contributed by atoms with Crippen molar-refractivity contribution in [2.75, 3.05) is 36.5 Å². The zero-order valence-corrected chi connectivity index (χ0v) is 20.6. The normalized spacial score (nSPS) is 13.9. The van der Waals surface area contributed by atoms with Crippen LogP contribution in [0.4, 0.5) is 24.7 Å². The summed E-state index contributed by atoms with van der Waals surface area (Å²) < 4.78 is 46.8. The minimum Gasteiger partial charge on any atom is -0.406 e. The number of halogens is 3. The molecule has 0 spiro atoms. The fourth-order valence-corrected chi connectivity index (χ4v) is 5.01. The number of thiophene rings is 1. The summed E-state index contributed by atoms with van der Waals surface area (Å²) in [6.45, 7) is 3.23. The molecule has 0 radical (unpaired) electrons. The van der Waals surface area contributed by atoms with Crippen molar-refractivity contribution >= 4 is 44.9 Å². The molecule has 3 heterocycles. The number of aromatic nitrogens is 2. The number of carbonyl (C=O) groups is 2. The molecule has 1 saturated heterocycles. The Morgan fingerprint density at radius 3 is 2.55 bits per heavy atom. The fraction of sp³-hybridized carbons (Fsp3) is 0.240. The fourth-order valence-electron chi connectivity index (χ4n) is 4.04. The van der Waals surface area contributed by atoms with Crippen LogP contribution in [0.15, 0.2) is 54.6 Å². The molecule has 5 rings (SSSR count). The van der Waals surface area contributed by atoms with E-state index in [2.05, 4.69) is 30.5 Å². The maximum atomic E-state index is 12.9. The first kappa shape index (κ1) is 25.5. The van der Waals surface area contributed by atoms with Crippen molar-refractivity contribution in [2.24, 2.45) is 0 Å². The van der Waals surface area contributed by atoms with Gasteiger partial charge in [0.15, 0.2) is 5.82 Å². The molecule has 2 aromatic carbocycles. The van der Waals surface area contributed by atoms with Crippen LogP contribution >= 0.6 is 11.3 Å². The van der Waals surface area contributed by atoms with Crippen LogP contribution in [0.2, 0.25) is 0 Å². The van der Waals surface area contributed by atoms with E-state index in [1.54, 1.807) is 6.07 Å². The van der Waals surface area contributed by atoms with E-state index in [-0.39, 0.29) is 17.3 Å². The summed E-state index contributed by atoms with van der Waals surface area (Å²) in [5, 5.41) is 12.4. The third-order valence-corrected chi connectivity index (χ3v) is 6.96. The largest absolute Gasteiger partial charge is 0.573 e. The van der Waals surface area contributed by atoms with Gasteiger partial charge in [0, 0.05) is 30.9 Å². The lowest BCUT2D eigenvalue weighted by Crippen LogP contribution is -2.37. The van der Waals surface area contributed by atoms with E-state index in [0.717, 1.165) is 47.8 Å². The molecular weight excluding hydrogens is 523 g/mol. The van der Waals surface area contributed by atoms with Crippen LogP contribution in [0.3, 0.4) is 0 Å². The highest BCUT2D eigenvalue weighted by molar-refractivity contribution is 7.21. The quantitative estimate of drug-likeness (QED) is 0.315. The van der Waals surface area contributed by atoms with Gasteiger partial charge in [-0.25, -0.2) is 0 Å². The van der Waals surface area contributed by atoms with Gasteiger partial charge in [0.1, 0.15) is 5.75 Å². The molecule has 3 N–H and O–H groups in total. The van der Waals surface area contributed by atoms with Crippen molar-refractivity contribution in [3.63, 3.8) is 0 Å². The molecule has 38 heavy (non-hydrogen) atoms. The van der Waals surface area contributed by atoms with Crippen LogP contribution in [0, 0.1) is 0 Å². The van der Waals surface area contributed by atoms with Crippen molar-refractivity contribution in [3.05, 3.63) is 70.6 Å². The van der Waals surface area contributed by atoms with Gasteiger partial charge in [0.2, 0.25) is 0 Å². The van der Waals surface area contributed by atoms with E-state index in [1.165, 1.54) is 12.1 Å². The molecule has 1 aliphatic rings. The number of carbonyl (C=O) groups excluding carboxylic acids is 2. The van der Waals surface area contributed by atoms with Crippen LogP contribution in [0.1, 0.15) is 25.6 Å². The Kier molecular flexibility index (Phi) is 7.20. The Bertz CT molecular complexity index is 1450. The molecule has 2 amide bonds. The summed E-state index contributed by atoms with van der Waals surface area (Å²) in [4.78, 5) is 28.2. The predicted octanol–water partition coefficient (Wildman–Crippen LogP) is 4.54. The van der Waals surface area contributed by atoms with Crippen LogP contribution in [-0.2, 0) is 11.3 Å². The predicted molar refractivity (Wildman–Crippen MR) is 136 cm³/mol. The second-order valence-corrected chi connectivity index (χ2v) is 9.41. The first-order chi connectivity index (χ1) is 18.3. The molecule has 13 heteroatoms. The van der Waals surface area contributed by atoms with Gasteiger partial charge < -0.3 is 25.0 Å². The molecule has 0 unspecified atom stereocenters. The summed E-state index contributed by atoms with van der Waals surface area (Å²) in [6, 6.07) is 14.1. The van der Waals surface area contributed by atoms with Crippen molar-refractivity contribution in [2.45, 2.75) is 12.9 Å².